The average molecular weight is 727 g/mol. The van der Waals surface area contributed by atoms with Gasteiger partial charge in [-0.15, -0.1) is 0 Å². The van der Waals surface area contributed by atoms with Crippen LogP contribution in [0.5, 0.6) is 0 Å². The number of aliphatic hydroxyl groups is 1. The standard InChI is InChI=1S/C19H22N4O4S.C18H20N4O2/c1-13-11-26-8-7-23(13)18-10-16(12-27-28(2,24)25)21-19(22-18)15-3-4-17-14(9-15)5-6-20-17;1-12-11-24-7-6-22(12)17-9-15(10-23)20-18(21-17)14-2-3-16-13(8-14)4-5-19-16/h3-6,9-10,13,20H,7-8,11-12H2,1-2H3;2-5,8-9,12,19,23H,6-7,10-11H2,1H3/t13-;12-/m00/s1. The quantitative estimate of drug-likeness (QED) is 0.186. The minimum absolute atomic E-state index is 0.104. The Bertz CT molecular complexity index is 2280. The van der Waals surface area contributed by atoms with Gasteiger partial charge in [-0.25, -0.2) is 19.9 Å². The molecule has 0 radical (unpaired) electrons. The van der Waals surface area contributed by atoms with Crippen molar-refractivity contribution < 1.29 is 27.2 Å². The molecule has 2 aliphatic rings. The number of rotatable bonds is 8. The third-order valence-corrected chi connectivity index (χ3v) is 9.61. The highest BCUT2D eigenvalue weighted by Gasteiger charge is 2.23. The first-order valence-electron chi connectivity index (χ1n) is 17.2. The van der Waals surface area contributed by atoms with Crippen LogP contribution in [-0.4, -0.2) is 101 Å². The zero-order valence-electron chi connectivity index (χ0n) is 29.3. The number of aromatic amines is 2. The number of aromatic nitrogens is 6. The fourth-order valence-electron chi connectivity index (χ4n) is 6.36. The summed E-state index contributed by atoms with van der Waals surface area (Å²) in [6, 6.07) is 20.1. The van der Waals surface area contributed by atoms with E-state index in [1.165, 1.54) is 0 Å². The van der Waals surface area contributed by atoms with Gasteiger partial charge >= 0.3 is 0 Å². The summed E-state index contributed by atoms with van der Waals surface area (Å²) < 4.78 is 38.8. The first-order valence-corrected chi connectivity index (χ1v) is 19.0. The molecule has 2 saturated heterocycles. The molecule has 0 aliphatic carbocycles. The summed E-state index contributed by atoms with van der Waals surface area (Å²) in [7, 11) is -3.57. The maximum atomic E-state index is 11.4. The Hall–Kier alpha value is -4.93. The highest BCUT2D eigenvalue weighted by atomic mass is 32.2. The molecule has 0 spiro atoms. The zero-order valence-corrected chi connectivity index (χ0v) is 30.1. The van der Waals surface area contributed by atoms with E-state index in [4.69, 9.17) is 23.6 Å². The van der Waals surface area contributed by atoms with Crippen LogP contribution in [0, 0.1) is 0 Å². The SMILES string of the molecule is C[C@H]1COCCN1c1cc(CO)nc(-c2ccc3[nH]ccc3c2)n1.C[C@H]1COCCN1c1cc(COS(C)(=O)=O)nc(-c2ccc3[nH]ccc3c2)n1. The largest absolute Gasteiger partial charge is 0.390 e. The molecule has 3 N–H and O–H groups in total. The minimum Gasteiger partial charge on any atom is -0.390 e. The number of nitrogens with one attached hydrogen (secondary N) is 2. The summed E-state index contributed by atoms with van der Waals surface area (Å²) >= 11 is 0. The van der Waals surface area contributed by atoms with Gasteiger partial charge in [0, 0.05) is 70.5 Å². The van der Waals surface area contributed by atoms with Crippen LogP contribution in [-0.2, 0) is 37.0 Å². The molecule has 2 atom stereocenters. The Balaban J connectivity index is 0.000000164. The first-order chi connectivity index (χ1) is 25.1. The Morgan fingerprint density at radius 2 is 1.25 bits per heavy atom. The predicted octanol–water partition coefficient (Wildman–Crippen LogP) is 4.67. The molecular weight excluding hydrogens is 685 g/mol. The van der Waals surface area contributed by atoms with Crippen molar-refractivity contribution in [2.24, 2.45) is 0 Å². The Kier molecular flexibility index (Phi) is 10.5. The second kappa shape index (κ2) is 15.4. The van der Waals surface area contributed by atoms with Crippen LogP contribution in [0.1, 0.15) is 25.2 Å². The van der Waals surface area contributed by atoms with Crippen LogP contribution >= 0.6 is 0 Å². The summed E-state index contributed by atoms with van der Waals surface area (Å²) in [4.78, 5) is 29.3. The number of hydrogen-bond acceptors (Lipinski definition) is 12. The summed E-state index contributed by atoms with van der Waals surface area (Å²) in [5.41, 5.74) is 5.05. The number of H-pyrrole nitrogens is 2. The number of anilines is 2. The highest BCUT2D eigenvalue weighted by Crippen LogP contribution is 2.27. The lowest BCUT2D eigenvalue weighted by Crippen LogP contribution is -2.44. The molecule has 272 valence electrons. The molecule has 0 bridgehead atoms. The lowest BCUT2D eigenvalue weighted by atomic mass is 10.1. The van der Waals surface area contributed by atoms with E-state index in [-0.39, 0.29) is 25.3 Å². The average Bonchev–Trinajstić information content (AvgIpc) is 3.83. The summed E-state index contributed by atoms with van der Waals surface area (Å²) in [6.07, 6.45) is 4.83. The van der Waals surface area contributed by atoms with Crippen molar-refractivity contribution in [1.29, 1.82) is 0 Å². The number of hydrogen-bond donors (Lipinski definition) is 3. The first kappa shape index (κ1) is 35.5. The number of nitrogens with zero attached hydrogens (tertiary/aromatic N) is 6. The van der Waals surface area contributed by atoms with Gasteiger partial charge in [0.05, 0.1) is 62.8 Å². The van der Waals surface area contributed by atoms with E-state index in [2.05, 4.69) is 49.6 Å². The monoisotopic (exact) mass is 726 g/mol. The van der Waals surface area contributed by atoms with Gasteiger partial charge in [0.2, 0.25) is 0 Å². The van der Waals surface area contributed by atoms with Crippen LogP contribution in [0.25, 0.3) is 44.6 Å². The molecule has 2 fully saturated rings. The lowest BCUT2D eigenvalue weighted by Gasteiger charge is -2.34. The van der Waals surface area contributed by atoms with Crippen LogP contribution in [0.4, 0.5) is 11.6 Å². The molecule has 6 heterocycles. The molecule has 4 aromatic heterocycles. The van der Waals surface area contributed by atoms with Gasteiger partial charge in [-0.3, -0.25) is 4.18 Å². The molecule has 2 aliphatic heterocycles. The Morgan fingerprint density at radius 3 is 1.73 bits per heavy atom. The van der Waals surface area contributed by atoms with Gasteiger partial charge in [-0.2, -0.15) is 8.42 Å². The number of aliphatic hydroxyl groups excluding tert-OH is 1. The molecule has 0 saturated carbocycles. The molecule has 8 rings (SSSR count). The normalized spacial score (nSPS) is 18.1. The fourth-order valence-corrected chi connectivity index (χ4v) is 6.70. The highest BCUT2D eigenvalue weighted by molar-refractivity contribution is 7.85. The topological polar surface area (TPSA) is 172 Å². The molecule has 0 unspecified atom stereocenters. The van der Waals surface area contributed by atoms with Gasteiger partial charge in [0.25, 0.3) is 10.1 Å². The smallest absolute Gasteiger partial charge is 0.264 e. The van der Waals surface area contributed by atoms with E-state index in [0.717, 1.165) is 57.4 Å². The third kappa shape index (κ3) is 8.24. The maximum Gasteiger partial charge on any atom is 0.264 e. The van der Waals surface area contributed by atoms with Crippen molar-refractivity contribution in [3.05, 3.63) is 84.4 Å². The summed E-state index contributed by atoms with van der Waals surface area (Å²) in [6.45, 7) is 8.06. The maximum absolute atomic E-state index is 11.4. The van der Waals surface area contributed by atoms with Crippen molar-refractivity contribution in [2.75, 3.05) is 55.6 Å². The van der Waals surface area contributed by atoms with Gasteiger partial charge in [-0.1, -0.05) is 0 Å². The number of ether oxygens (including phenoxy) is 2. The minimum atomic E-state index is -3.57. The molecule has 2 aromatic carbocycles. The molecule has 15 heteroatoms. The summed E-state index contributed by atoms with van der Waals surface area (Å²) in [5, 5.41) is 11.8. The van der Waals surface area contributed by atoms with Crippen LogP contribution in [0.15, 0.2) is 73.1 Å². The lowest BCUT2D eigenvalue weighted by molar-refractivity contribution is 0.0984. The van der Waals surface area contributed by atoms with Crippen LogP contribution in [0.2, 0.25) is 0 Å². The molecule has 52 heavy (non-hydrogen) atoms. The predicted molar refractivity (Wildman–Crippen MR) is 199 cm³/mol. The third-order valence-electron chi connectivity index (χ3n) is 9.06. The number of benzene rings is 2. The van der Waals surface area contributed by atoms with E-state index in [9.17, 15) is 13.5 Å². The van der Waals surface area contributed by atoms with Crippen LogP contribution in [0.3, 0.4) is 0 Å². The second-order valence-electron chi connectivity index (χ2n) is 13.0. The molecule has 0 amide bonds. The molecule has 6 aromatic rings. The van der Waals surface area contributed by atoms with E-state index in [1.807, 2.05) is 60.9 Å². The van der Waals surface area contributed by atoms with Gasteiger partial charge in [0.15, 0.2) is 11.6 Å². The molecular formula is C37H42N8O6S. The van der Waals surface area contributed by atoms with Gasteiger partial charge < -0.3 is 34.3 Å². The second-order valence-corrected chi connectivity index (χ2v) is 14.6. The van der Waals surface area contributed by atoms with E-state index >= 15 is 0 Å². The summed E-state index contributed by atoms with van der Waals surface area (Å²) in [5.74, 6) is 2.75. The number of morpholine rings is 2. The fraction of sp³-hybridized carbons (Fsp3) is 0.351. The van der Waals surface area contributed by atoms with Gasteiger partial charge in [-0.05, 0) is 62.4 Å². The van der Waals surface area contributed by atoms with E-state index < -0.39 is 10.1 Å². The Morgan fingerprint density at radius 1 is 0.750 bits per heavy atom. The van der Waals surface area contributed by atoms with E-state index in [0.29, 0.717) is 56.0 Å². The number of fused-ring (bicyclic) bond motifs is 2. The van der Waals surface area contributed by atoms with Crippen molar-refractivity contribution >= 4 is 43.6 Å². The zero-order chi connectivity index (χ0) is 36.2. The van der Waals surface area contributed by atoms with E-state index in [1.54, 1.807) is 6.07 Å². The van der Waals surface area contributed by atoms with Crippen molar-refractivity contribution in [3.63, 3.8) is 0 Å². The molecule has 14 nitrogen and oxygen atoms in total. The van der Waals surface area contributed by atoms with Crippen molar-refractivity contribution in [1.82, 2.24) is 29.9 Å². The van der Waals surface area contributed by atoms with Gasteiger partial charge in [0.1, 0.15) is 18.2 Å². The Labute approximate surface area is 301 Å². The van der Waals surface area contributed by atoms with Crippen LogP contribution < -0.4 is 9.80 Å². The van der Waals surface area contributed by atoms with Crippen molar-refractivity contribution in [3.8, 4) is 22.8 Å². The van der Waals surface area contributed by atoms with Crippen molar-refractivity contribution in [2.45, 2.75) is 39.1 Å².